The van der Waals surface area contributed by atoms with E-state index in [0.717, 1.165) is 49.4 Å². The molecule has 2 aliphatic rings. The molecule has 3 heterocycles. The molecule has 5 rings (SSSR count). The van der Waals surface area contributed by atoms with Crippen LogP contribution in [0.3, 0.4) is 0 Å². The average molecular weight is 578 g/mol. The Morgan fingerprint density at radius 1 is 0.927 bits per heavy atom. The summed E-state index contributed by atoms with van der Waals surface area (Å²) in [6, 6.07) is 16.2. The highest BCUT2D eigenvalue weighted by molar-refractivity contribution is 6.31. The van der Waals surface area contributed by atoms with Crippen molar-refractivity contribution < 1.29 is 14.3 Å². The number of piperazine rings is 1. The second kappa shape index (κ2) is 12.2. The van der Waals surface area contributed by atoms with Crippen LogP contribution in [-0.4, -0.2) is 81.4 Å². The Morgan fingerprint density at radius 2 is 1.61 bits per heavy atom. The first-order chi connectivity index (χ1) is 19.6. The van der Waals surface area contributed by atoms with Gasteiger partial charge >= 0.3 is 6.09 Å². The molecule has 218 valence electrons. The van der Waals surface area contributed by atoms with Crippen LogP contribution in [0.1, 0.15) is 66.7 Å². The molecule has 1 aromatic heterocycles. The van der Waals surface area contributed by atoms with Crippen LogP contribution < -0.4 is 0 Å². The highest BCUT2D eigenvalue weighted by Crippen LogP contribution is 2.35. The minimum Gasteiger partial charge on any atom is -0.444 e. The summed E-state index contributed by atoms with van der Waals surface area (Å²) < 4.78 is 7.50. The topological polar surface area (TPSA) is 70.9 Å². The Balaban J connectivity index is 1.36. The third-order valence-corrected chi connectivity index (χ3v) is 8.36. The SMILES string of the molecule is Cc1c(Cl)cccc1-n1ncc(C(=O)N2CCN(Cc3ccccc3)CC2)c1C1CCN(C(=O)OC(C)(C)C)CC1. The van der Waals surface area contributed by atoms with Gasteiger partial charge < -0.3 is 14.5 Å². The largest absolute Gasteiger partial charge is 0.444 e. The number of ether oxygens (including phenoxy) is 1. The van der Waals surface area contributed by atoms with Crippen molar-refractivity contribution in [3.8, 4) is 5.69 Å². The van der Waals surface area contributed by atoms with E-state index in [1.807, 2.05) is 61.5 Å². The zero-order valence-electron chi connectivity index (χ0n) is 24.5. The highest BCUT2D eigenvalue weighted by atomic mass is 35.5. The number of amides is 2. The summed E-state index contributed by atoms with van der Waals surface area (Å²) >= 11 is 6.49. The molecule has 0 radical (unpaired) electrons. The maximum atomic E-state index is 14.0. The van der Waals surface area contributed by atoms with Gasteiger partial charge in [0.1, 0.15) is 5.60 Å². The Labute approximate surface area is 247 Å². The van der Waals surface area contributed by atoms with Gasteiger partial charge in [0.05, 0.1) is 23.1 Å². The van der Waals surface area contributed by atoms with Gasteiger partial charge in [-0.2, -0.15) is 5.10 Å². The third kappa shape index (κ3) is 6.76. The number of halogens is 1. The van der Waals surface area contributed by atoms with E-state index in [9.17, 15) is 9.59 Å². The molecule has 0 bridgehead atoms. The summed E-state index contributed by atoms with van der Waals surface area (Å²) in [5.74, 6) is 0.0766. The molecular weight excluding hydrogens is 538 g/mol. The van der Waals surface area contributed by atoms with Crippen LogP contribution in [0, 0.1) is 6.92 Å². The van der Waals surface area contributed by atoms with Crippen molar-refractivity contribution in [2.45, 2.75) is 58.6 Å². The van der Waals surface area contributed by atoms with Crippen LogP contribution in [0.4, 0.5) is 4.79 Å². The number of hydrogen-bond acceptors (Lipinski definition) is 5. The van der Waals surface area contributed by atoms with Crippen LogP contribution in [0.5, 0.6) is 0 Å². The van der Waals surface area contributed by atoms with Crippen LogP contribution in [0.25, 0.3) is 5.69 Å². The molecule has 2 saturated heterocycles. The number of nitrogens with zero attached hydrogens (tertiary/aromatic N) is 5. The Kier molecular flexibility index (Phi) is 8.71. The van der Waals surface area contributed by atoms with Gasteiger partial charge in [-0.3, -0.25) is 9.69 Å². The van der Waals surface area contributed by atoms with Crippen LogP contribution in [0.15, 0.2) is 54.7 Å². The fraction of sp³-hybridized carbons (Fsp3) is 0.469. The highest BCUT2D eigenvalue weighted by Gasteiger charge is 2.34. The number of carbonyl (C=O) groups is 2. The predicted molar refractivity (Wildman–Crippen MR) is 161 cm³/mol. The summed E-state index contributed by atoms with van der Waals surface area (Å²) in [4.78, 5) is 32.8. The molecule has 0 spiro atoms. The van der Waals surface area contributed by atoms with Gasteiger partial charge in [-0.1, -0.05) is 48.0 Å². The summed E-state index contributed by atoms with van der Waals surface area (Å²) in [6.45, 7) is 12.6. The smallest absolute Gasteiger partial charge is 0.410 e. The maximum Gasteiger partial charge on any atom is 0.410 e. The van der Waals surface area contributed by atoms with Gasteiger partial charge in [-0.15, -0.1) is 0 Å². The van der Waals surface area contributed by atoms with Crippen LogP contribution in [0.2, 0.25) is 5.02 Å². The second-order valence-electron chi connectivity index (χ2n) is 12.0. The summed E-state index contributed by atoms with van der Waals surface area (Å²) in [6.07, 6.45) is 2.86. The minimum absolute atomic E-state index is 0.0138. The van der Waals surface area contributed by atoms with E-state index in [1.54, 1.807) is 11.1 Å². The zero-order valence-corrected chi connectivity index (χ0v) is 25.2. The van der Waals surface area contributed by atoms with Gasteiger partial charge in [0.15, 0.2) is 0 Å². The van der Waals surface area contributed by atoms with E-state index in [1.165, 1.54) is 5.56 Å². The van der Waals surface area contributed by atoms with Crippen molar-refractivity contribution in [3.63, 3.8) is 0 Å². The molecule has 9 heteroatoms. The van der Waals surface area contributed by atoms with Gasteiger partial charge in [0.25, 0.3) is 5.91 Å². The quantitative estimate of drug-likeness (QED) is 0.377. The maximum absolute atomic E-state index is 14.0. The summed E-state index contributed by atoms with van der Waals surface area (Å²) in [5.41, 5.74) is 4.06. The van der Waals surface area contributed by atoms with E-state index in [2.05, 4.69) is 29.2 Å². The minimum atomic E-state index is -0.540. The Morgan fingerprint density at radius 3 is 2.27 bits per heavy atom. The molecule has 2 aromatic carbocycles. The lowest BCUT2D eigenvalue weighted by atomic mass is 9.90. The molecule has 2 amide bonds. The number of rotatable bonds is 5. The number of carbonyl (C=O) groups excluding carboxylic acids is 2. The van der Waals surface area contributed by atoms with Crippen molar-refractivity contribution >= 4 is 23.6 Å². The fourth-order valence-corrected chi connectivity index (χ4v) is 5.89. The number of aromatic nitrogens is 2. The first-order valence-corrected chi connectivity index (χ1v) is 14.9. The van der Waals surface area contributed by atoms with Crippen molar-refractivity contribution in [1.29, 1.82) is 0 Å². The van der Waals surface area contributed by atoms with Crippen LogP contribution in [-0.2, 0) is 11.3 Å². The first kappa shape index (κ1) is 29.1. The number of likely N-dealkylation sites (tertiary alicyclic amines) is 1. The predicted octanol–water partition coefficient (Wildman–Crippen LogP) is 5.91. The number of benzene rings is 2. The van der Waals surface area contributed by atoms with Gasteiger partial charge in [0.2, 0.25) is 0 Å². The van der Waals surface area contributed by atoms with E-state index < -0.39 is 5.60 Å². The van der Waals surface area contributed by atoms with Crippen molar-refractivity contribution in [2.75, 3.05) is 39.3 Å². The van der Waals surface area contributed by atoms with Gasteiger partial charge in [0, 0.05) is 56.8 Å². The van der Waals surface area contributed by atoms with E-state index in [0.29, 0.717) is 36.8 Å². The molecule has 3 aromatic rings. The zero-order chi connectivity index (χ0) is 29.1. The third-order valence-electron chi connectivity index (χ3n) is 7.95. The second-order valence-corrected chi connectivity index (χ2v) is 12.4. The Hall–Kier alpha value is -3.36. The molecule has 2 fully saturated rings. The molecular formula is C32H40ClN5O3. The molecule has 0 N–H and O–H groups in total. The van der Waals surface area contributed by atoms with Crippen molar-refractivity contribution in [3.05, 3.63) is 82.1 Å². The number of hydrogen-bond donors (Lipinski definition) is 0. The lowest BCUT2D eigenvalue weighted by Gasteiger charge is -2.36. The molecule has 2 aliphatic heterocycles. The first-order valence-electron chi connectivity index (χ1n) is 14.5. The molecule has 0 saturated carbocycles. The molecule has 8 nitrogen and oxygen atoms in total. The normalized spacial score (nSPS) is 17.1. The lowest BCUT2D eigenvalue weighted by molar-refractivity contribution is 0.0202. The molecule has 0 unspecified atom stereocenters. The monoisotopic (exact) mass is 577 g/mol. The van der Waals surface area contributed by atoms with Gasteiger partial charge in [-0.05, 0) is 63.8 Å². The average Bonchev–Trinajstić information content (AvgIpc) is 3.39. The lowest BCUT2D eigenvalue weighted by Crippen LogP contribution is -2.48. The molecule has 0 atom stereocenters. The summed E-state index contributed by atoms with van der Waals surface area (Å²) in [5, 5.41) is 5.41. The molecule has 41 heavy (non-hydrogen) atoms. The van der Waals surface area contributed by atoms with E-state index in [4.69, 9.17) is 21.4 Å². The van der Waals surface area contributed by atoms with Crippen LogP contribution >= 0.6 is 11.6 Å². The standard InChI is InChI=1S/C32H40ClN5O3/c1-23-27(33)11-8-12-28(23)38-29(25-13-15-37(16-14-25)31(40)41-32(2,3)4)26(21-34-38)30(39)36-19-17-35(18-20-36)22-24-9-6-5-7-10-24/h5-12,21,25H,13-20,22H2,1-4H3. The molecule has 0 aliphatic carbocycles. The van der Waals surface area contributed by atoms with Gasteiger partial charge in [-0.25, -0.2) is 9.48 Å². The van der Waals surface area contributed by atoms with Crippen molar-refractivity contribution in [2.24, 2.45) is 0 Å². The number of piperidine rings is 1. The Bertz CT molecular complexity index is 1370. The van der Waals surface area contributed by atoms with Crippen molar-refractivity contribution in [1.82, 2.24) is 24.5 Å². The van der Waals surface area contributed by atoms with E-state index in [-0.39, 0.29) is 17.9 Å². The van der Waals surface area contributed by atoms with E-state index >= 15 is 0 Å². The fourth-order valence-electron chi connectivity index (χ4n) is 5.72. The summed E-state index contributed by atoms with van der Waals surface area (Å²) in [7, 11) is 0.